The third-order valence-corrected chi connectivity index (χ3v) is 15.2. The molecule has 350 valence electrons. The van der Waals surface area contributed by atoms with Crippen LogP contribution in [0.4, 0.5) is 0 Å². The SMILES string of the molecule is c1ccc(-c2cccc(-c3nc(-c4cccc(-c5ccccc5)c4)nc(-c4cccc5c4-c4cc(-n6c7ccccc7c7cc(-c8ccc9c(c8)c8ccccc8n9-c8ccccc8)ccc76)ccc4C5)n3)c2)cc1. The van der Waals surface area contributed by atoms with Crippen LogP contribution in [-0.4, -0.2) is 24.1 Å². The van der Waals surface area contributed by atoms with Crippen LogP contribution in [0.1, 0.15) is 11.1 Å². The molecule has 14 aromatic rings. The molecular formula is C70H45N5. The van der Waals surface area contributed by atoms with Crippen molar-refractivity contribution >= 4 is 43.6 Å². The molecule has 1 aliphatic rings. The molecule has 0 saturated heterocycles. The molecule has 75 heavy (non-hydrogen) atoms. The van der Waals surface area contributed by atoms with Gasteiger partial charge in [0, 0.05) is 49.6 Å². The monoisotopic (exact) mass is 955 g/mol. The van der Waals surface area contributed by atoms with Gasteiger partial charge in [0.15, 0.2) is 17.5 Å². The van der Waals surface area contributed by atoms with Crippen molar-refractivity contribution in [3.63, 3.8) is 0 Å². The fourth-order valence-electron chi connectivity index (χ4n) is 11.7. The Labute approximate surface area is 434 Å². The van der Waals surface area contributed by atoms with Gasteiger partial charge in [-0.3, -0.25) is 0 Å². The number of aromatic nitrogens is 5. The van der Waals surface area contributed by atoms with Crippen molar-refractivity contribution in [1.82, 2.24) is 24.1 Å². The van der Waals surface area contributed by atoms with Gasteiger partial charge in [-0.05, 0) is 135 Å². The van der Waals surface area contributed by atoms with Crippen molar-refractivity contribution in [2.24, 2.45) is 0 Å². The summed E-state index contributed by atoms with van der Waals surface area (Å²) >= 11 is 0. The molecule has 0 unspecified atom stereocenters. The van der Waals surface area contributed by atoms with Gasteiger partial charge in [0.05, 0.1) is 22.1 Å². The first kappa shape index (κ1) is 42.7. The van der Waals surface area contributed by atoms with Crippen LogP contribution in [0.15, 0.2) is 261 Å². The zero-order valence-corrected chi connectivity index (χ0v) is 40.8. The summed E-state index contributed by atoms with van der Waals surface area (Å²) in [4.78, 5) is 16.0. The summed E-state index contributed by atoms with van der Waals surface area (Å²) in [7, 11) is 0. The molecule has 0 bridgehead atoms. The van der Waals surface area contributed by atoms with Crippen LogP contribution >= 0.6 is 0 Å². The quantitative estimate of drug-likeness (QED) is 0.152. The summed E-state index contributed by atoms with van der Waals surface area (Å²) in [6, 6.07) is 93.7. The van der Waals surface area contributed by atoms with Crippen LogP contribution in [0.5, 0.6) is 0 Å². The first-order valence-electron chi connectivity index (χ1n) is 25.6. The van der Waals surface area contributed by atoms with Crippen molar-refractivity contribution in [3.8, 4) is 90.0 Å². The molecule has 11 aromatic carbocycles. The van der Waals surface area contributed by atoms with Gasteiger partial charge >= 0.3 is 0 Å². The van der Waals surface area contributed by atoms with Crippen LogP contribution in [-0.2, 0) is 6.42 Å². The number of fused-ring (bicyclic) bond motifs is 9. The molecule has 1 aliphatic carbocycles. The highest BCUT2D eigenvalue weighted by molar-refractivity contribution is 6.13. The predicted octanol–water partition coefficient (Wildman–Crippen LogP) is 17.6. The number of rotatable bonds is 8. The average Bonchev–Trinajstić information content (AvgIpc) is 4.15. The lowest BCUT2D eigenvalue weighted by Gasteiger charge is -2.14. The Bertz CT molecular complexity index is 4450. The summed E-state index contributed by atoms with van der Waals surface area (Å²) in [6.07, 6.45) is 0.826. The molecule has 5 heteroatoms. The first-order chi connectivity index (χ1) is 37.2. The highest BCUT2D eigenvalue weighted by Crippen LogP contribution is 2.45. The molecule has 0 radical (unpaired) electrons. The third kappa shape index (κ3) is 7.20. The smallest absolute Gasteiger partial charge is 0.164 e. The molecule has 0 fully saturated rings. The highest BCUT2D eigenvalue weighted by Gasteiger charge is 2.26. The molecule has 0 N–H and O–H groups in total. The lowest BCUT2D eigenvalue weighted by atomic mass is 9.98. The number of hydrogen-bond acceptors (Lipinski definition) is 3. The van der Waals surface area contributed by atoms with Crippen molar-refractivity contribution in [2.45, 2.75) is 6.42 Å². The lowest BCUT2D eigenvalue weighted by molar-refractivity contribution is 1.07. The maximum Gasteiger partial charge on any atom is 0.164 e. The zero-order valence-electron chi connectivity index (χ0n) is 40.8. The van der Waals surface area contributed by atoms with Crippen LogP contribution in [0.25, 0.3) is 134 Å². The van der Waals surface area contributed by atoms with Crippen molar-refractivity contribution < 1.29 is 0 Å². The van der Waals surface area contributed by atoms with E-state index in [0.29, 0.717) is 17.5 Å². The molecule has 0 atom stereocenters. The normalized spacial score (nSPS) is 11.9. The summed E-state index contributed by atoms with van der Waals surface area (Å²) in [6.45, 7) is 0. The molecule has 0 spiro atoms. The lowest BCUT2D eigenvalue weighted by Crippen LogP contribution is -2.01. The van der Waals surface area contributed by atoms with Gasteiger partial charge in [0.25, 0.3) is 0 Å². The third-order valence-electron chi connectivity index (χ3n) is 15.2. The minimum absolute atomic E-state index is 0.631. The van der Waals surface area contributed by atoms with E-state index in [1.807, 2.05) is 12.1 Å². The largest absolute Gasteiger partial charge is 0.309 e. The summed E-state index contributed by atoms with van der Waals surface area (Å²) in [5, 5.41) is 4.92. The van der Waals surface area contributed by atoms with E-state index in [2.05, 4.69) is 258 Å². The molecule has 0 amide bonds. The Hall–Kier alpha value is -9.97. The van der Waals surface area contributed by atoms with E-state index in [-0.39, 0.29) is 0 Å². The van der Waals surface area contributed by atoms with Gasteiger partial charge in [0.1, 0.15) is 0 Å². The Morgan fingerprint density at radius 1 is 0.253 bits per heavy atom. The topological polar surface area (TPSA) is 48.5 Å². The van der Waals surface area contributed by atoms with Crippen LogP contribution < -0.4 is 0 Å². The van der Waals surface area contributed by atoms with Gasteiger partial charge in [-0.1, -0.05) is 188 Å². The van der Waals surface area contributed by atoms with Gasteiger partial charge in [-0.25, -0.2) is 15.0 Å². The second-order valence-electron chi connectivity index (χ2n) is 19.6. The first-order valence-corrected chi connectivity index (χ1v) is 25.6. The fraction of sp³-hybridized carbons (Fsp3) is 0.0143. The summed E-state index contributed by atoms with van der Waals surface area (Å²) in [5.41, 5.74) is 21.6. The fourth-order valence-corrected chi connectivity index (χ4v) is 11.7. The standard InChI is InChI=1S/C70H45N5/c1-4-17-45(18-5-1)47-21-14-24-53(39-47)68-71-69(54-25-15-22-48(40-54)46-19-6-2-7-20-46)73-70(72-68)59-30-16-23-52-41-51-33-36-56(44-60(51)67(52)59)75-64-32-13-11-29-58(64)62-43-50(35-38-66(62)75)49-34-37-65-61(42-49)57-28-10-12-31-63(57)74(65)55-26-8-3-9-27-55/h1-40,42-44H,41H2. The van der Waals surface area contributed by atoms with E-state index in [0.717, 1.165) is 62.3 Å². The van der Waals surface area contributed by atoms with E-state index in [1.54, 1.807) is 0 Å². The van der Waals surface area contributed by atoms with E-state index in [1.165, 1.54) is 71.5 Å². The average molecular weight is 956 g/mol. The predicted molar refractivity (Wildman–Crippen MR) is 309 cm³/mol. The van der Waals surface area contributed by atoms with Gasteiger partial charge in [-0.15, -0.1) is 0 Å². The maximum absolute atomic E-state index is 5.37. The summed E-state index contributed by atoms with van der Waals surface area (Å²) in [5.74, 6) is 1.91. The second-order valence-corrected chi connectivity index (χ2v) is 19.6. The van der Waals surface area contributed by atoms with Crippen LogP contribution in [0.3, 0.4) is 0 Å². The van der Waals surface area contributed by atoms with Gasteiger partial charge < -0.3 is 9.13 Å². The van der Waals surface area contributed by atoms with Gasteiger partial charge in [0.2, 0.25) is 0 Å². The highest BCUT2D eigenvalue weighted by atomic mass is 15.0. The molecule has 0 saturated carbocycles. The second kappa shape index (κ2) is 17.4. The van der Waals surface area contributed by atoms with E-state index in [4.69, 9.17) is 15.0 Å². The Morgan fingerprint density at radius 2 is 0.707 bits per heavy atom. The minimum atomic E-state index is 0.631. The minimum Gasteiger partial charge on any atom is -0.309 e. The van der Waals surface area contributed by atoms with E-state index < -0.39 is 0 Å². The molecule has 3 aromatic heterocycles. The van der Waals surface area contributed by atoms with E-state index in [9.17, 15) is 0 Å². The van der Waals surface area contributed by atoms with E-state index >= 15 is 0 Å². The van der Waals surface area contributed by atoms with Crippen molar-refractivity contribution in [3.05, 3.63) is 272 Å². The van der Waals surface area contributed by atoms with Gasteiger partial charge in [-0.2, -0.15) is 0 Å². The Balaban J connectivity index is 0.860. The zero-order chi connectivity index (χ0) is 49.4. The number of benzene rings is 11. The molecule has 15 rings (SSSR count). The number of nitrogens with zero attached hydrogens (tertiary/aromatic N) is 5. The van der Waals surface area contributed by atoms with Crippen LogP contribution in [0.2, 0.25) is 0 Å². The Morgan fingerprint density at radius 3 is 1.29 bits per heavy atom. The number of hydrogen-bond donors (Lipinski definition) is 0. The number of para-hydroxylation sites is 3. The molecular weight excluding hydrogens is 911 g/mol. The van der Waals surface area contributed by atoms with Crippen molar-refractivity contribution in [1.29, 1.82) is 0 Å². The molecule has 3 heterocycles. The van der Waals surface area contributed by atoms with Crippen LogP contribution in [0, 0.1) is 0 Å². The molecule has 0 aliphatic heterocycles. The Kier molecular flexibility index (Phi) is 9.88. The maximum atomic E-state index is 5.37. The molecule has 5 nitrogen and oxygen atoms in total. The summed E-state index contributed by atoms with van der Waals surface area (Å²) < 4.78 is 4.81. The van der Waals surface area contributed by atoms with Crippen molar-refractivity contribution in [2.75, 3.05) is 0 Å².